The second kappa shape index (κ2) is 5.80. The second-order valence-corrected chi connectivity index (χ2v) is 4.95. The number of aromatic nitrogens is 4. The normalized spacial score (nSPS) is 10.8. The Morgan fingerprint density at radius 2 is 2.27 bits per heavy atom. The van der Waals surface area contributed by atoms with Gasteiger partial charge in [0, 0.05) is 43.3 Å². The maximum atomic E-state index is 12.1. The standard InChI is InChI=1S/C15H15N5O2/c1-10-8-14(21)19-12(18-10)4-5-17-15(22)11-2-3-13-16-6-7-20(13)9-11/h2-3,6-9H,4-5H2,1H3,(H,17,22)(H,18,19,21). The maximum Gasteiger partial charge on any atom is 0.252 e. The Hall–Kier alpha value is -2.96. The van der Waals surface area contributed by atoms with Crippen LogP contribution in [0.3, 0.4) is 0 Å². The predicted octanol–water partition coefficient (Wildman–Crippen LogP) is 0.699. The van der Waals surface area contributed by atoms with E-state index in [0.717, 1.165) is 5.65 Å². The molecule has 0 fully saturated rings. The van der Waals surface area contributed by atoms with Crippen LogP contribution in [0.1, 0.15) is 21.9 Å². The summed E-state index contributed by atoms with van der Waals surface area (Å²) >= 11 is 0. The van der Waals surface area contributed by atoms with Gasteiger partial charge in [0.1, 0.15) is 11.5 Å². The van der Waals surface area contributed by atoms with Crippen LogP contribution >= 0.6 is 0 Å². The number of carbonyl (C=O) groups is 1. The average Bonchev–Trinajstić information content (AvgIpc) is 2.93. The van der Waals surface area contributed by atoms with E-state index in [2.05, 4.69) is 20.3 Å². The quantitative estimate of drug-likeness (QED) is 0.741. The second-order valence-electron chi connectivity index (χ2n) is 4.95. The fourth-order valence-corrected chi connectivity index (χ4v) is 2.21. The minimum absolute atomic E-state index is 0.175. The molecule has 0 spiro atoms. The highest BCUT2D eigenvalue weighted by Gasteiger charge is 2.07. The molecule has 2 N–H and O–H groups in total. The molecule has 112 valence electrons. The highest BCUT2D eigenvalue weighted by Crippen LogP contribution is 2.04. The monoisotopic (exact) mass is 297 g/mol. The number of rotatable bonds is 4. The minimum atomic E-state index is -0.181. The lowest BCUT2D eigenvalue weighted by Gasteiger charge is -2.06. The summed E-state index contributed by atoms with van der Waals surface area (Å²) in [6.07, 6.45) is 5.66. The third kappa shape index (κ3) is 3.03. The van der Waals surface area contributed by atoms with Gasteiger partial charge >= 0.3 is 0 Å². The molecule has 0 aliphatic heterocycles. The first-order chi connectivity index (χ1) is 10.6. The summed E-state index contributed by atoms with van der Waals surface area (Å²) < 4.78 is 1.79. The highest BCUT2D eigenvalue weighted by molar-refractivity contribution is 5.94. The van der Waals surface area contributed by atoms with E-state index in [-0.39, 0.29) is 11.5 Å². The molecule has 3 heterocycles. The van der Waals surface area contributed by atoms with E-state index in [4.69, 9.17) is 0 Å². The Morgan fingerprint density at radius 1 is 1.41 bits per heavy atom. The van der Waals surface area contributed by atoms with Crippen LogP contribution in [-0.4, -0.2) is 31.8 Å². The number of nitrogens with zero attached hydrogens (tertiary/aromatic N) is 3. The number of nitrogens with one attached hydrogen (secondary N) is 2. The number of hydrogen-bond donors (Lipinski definition) is 2. The van der Waals surface area contributed by atoms with E-state index >= 15 is 0 Å². The highest BCUT2D eigenvalue weighted by atomic mass is 16.1. The smallest absolute Gasteiger partial charge is 0.252 e. The zero-order valence-electron chi connectivity index (χ0n) is 12.0. The van der Waals surface area contributed by atoms with Gasteiger partial charge in [0.15, 0.2) is 0 Å². The predicted molar refractivity (Wildman–Crippen MR) is 80.8 cm³/mol. The topological polar surface area (TPSA) is 92.1 Å². The van der Waals surface area contributed by atoms with Crippen LogP contribution in [0.4, 0.5) is 0 Å². The number of amides is 1. The van der Waals surface area contributed by atoms with E-state index in [0.29, 0.717) is 30.0 Å². The summed E-state index contributed by atoms with van der Waals surface area (Å²) in [5.41, 5.74) is 1.82. The molecule has 3 rings (SSSR count). The Labute approximate surface area is 126 Å². The molecule has 0 unspecified atom stereocenters. The van der Waals surface area contributed by atoms with Crippen molar-refractivity contribution < 1.29 is 4.79 Å². The summed E-state index contributed by atoms with van der Waals surface area (Å²) in [5.74, 6) is 0.390. The third-order valence-electron chi connectivity index (χ3n) is 3.22. The van der Waals surface area contributed by atoms with Crippen LogP contribution in [0.25, 0.3) is 5.65 Å². The van der Waals surface area contributed by atoms with Crippen molar-refractivity contribution in [3.05, 3.63) is 64.2 Å². The molecule has 3 aromatic heterocycles. The summed E-state index contributed by atoms with van der Waals surface area (Å²) in [4.78, 5) is 34.4. The SMILES string of the molecule is Cc1cc(=O)[nH]c(CCNC(=O)c2ccc3nccn3c2)n1. The van der Waals surface area contributed by atoms with Crippen LogP contribution < -0.4 is 10.9 Å². The summed E-state index contributed by atoms with van der Waals surface area (Å²) in [6, 6.07) is 4.95. The molecule has 3 aromatic rings. The molecule has 0 aliphatic rings. The number of aromatic amines is 1. The van der Waals surface area contributed by atoms with E-state index in [1.807, 2.05) is 0 Å². The largest absolute Gasteiger partial charge is 0.352 e. The molecule has 1 amide bonds. The van der Waals surface area contributed by atoms with Gasteiger partial charge in [-0.15, -0.1) is 0 Å². The van der Waals surface area contributed by atoms with Gasteiger partial charge in [-0.1, -0.05) is 0 Å². The Morgan fingerprint density at radius 3 is 3.09 bits per heavy atom. The Kier molecular flexibility index (Phi) is 3.69. The fraction of sp³-hybridized carbons (Fsp3) is 0.200. The zero-order valence-corrected chi connectivity index (χ0v) is 12.0. The van der Waals surface area contributed by atoms with Crippen molar-refractivity contribution >= 4 is 11.6 Å². The van der Waals surface area contributed by atoms with Gasteiger partial charge in [-0.2, -0.15) is 0 Å². The molecule has 0 saturated heterocycles. The van der Waals surface area contributed by atoms with Crippen molar-refractivity contribution in [2.75, 3.05) is 6.54 Å². The number of carbonyl (C=O) groups excluding carboxylic acids is 1. The molecule has 0 bridgehead atoms. The van der Waals surface area contributed by atoms with Crippen molar-refractivity contribution in [3.8, 4) is 0 Å². The molecule has 7 heteroatoms. The van der Waals surface area contributed by atoms with Crippen LogP contribution in [0.2, 0.25) is 0 Å². The van der Waals surface area contributed by atoms with Gasteiger partial charge in [0.2, 0.25) is 0 Å². The first kappa shape index (κ1) is 14.0. The molecule has 0 aliphatic carbocycles. The van der Waals surface area contributed by atoms with E-state index in [9.17, 15) is 9.59 Å². The number of pyridine rings is 1. The van der Waals surface area contributed by atoms with Crippen molar-refractivity contribution in [1.82, 2.24) is 24.7 Å². The Bertz CT molecular complexity index is 881. The van der Waals surface area contributed by atoms with Crippen LogP contribution in [0, 0.1) is 6.92 Å². The van der Waals surface area contributed by atoms with Crippen molar-refractivity contribution in [1.29, 1.82) is 0 Å². The van der Waals surface area contributed by atoms with Crippen molar-refractivity contribution in [3.63, 3.8) is 0 Å². The Balaban J connectivity index is 1.63. The minimum Gasteiger partial charge on any atom is -0.352 e. The lowest BCUT2D eigenvalue weighted by atomic mass is 10.2. The zero-order chi connectivity index (χ0) is 15.5. The van der Waals surface area contributed by atoms with Crippen LogP contribution in [-0.2, 0) is 6.42 Å². The lowest BCUT2D eigenvalue weighted by molar-refractivity contribution is 0.0953. The van der Waals surface area contributed by atoms with Gasteiger partial charge in [-0.25, -0.2) is 9.97 Å². The van der Waals surface area contributed by atoms with E-state index < -0.39 is 0 Å². The van der Waals surface area contributed by atoms with Crippen LogP contribution in [0.15, 0.2) is 41.6 Å². The fourth-order valence-electron chi connectivity index (χ4n) is 2.21. The molecule has 0 saturated carbocycles. The first-order valence-electron chi connectivity index (χ1n) is 6.89. The molecular formula is C15H15N5O2. The lowest BCUT2D eigenvalue weighted by Crippen LogP contribution is -2.27. The van der Waals surface area contributed by atoms with Crippen LogP contribution in [0.5, 0.6) is 0 Å². The number of fused-ring (bicyclic) bond motifs is 1. The molecule has 7 nitrogen and oxygen atoms in total. The van der Waals surface area contributed by atoms with E-state index in [1.165, 1.54) is 6.07 Å². The third-order valence-corrected chi connectivity index (χ3v) is 3.22. The maximum absolute atomic E-state index is 12.1. The van der Waals surface area contributed by atoms with Gasteiger partial charge in [-0.05, 0) is 19.1 Å². The number of aryl methyl sites for hydroxylation is 1. The molecule has 22 heavy (non-hydrogen) atoms. The average molecular weight is 297 g/mol. The molecular weight excluding hydrogens is 282 g/mol. The van der Waals surface area contributed by atoms with Gasteiger partial charge in [-0.3, -0.25) is 9.59 Å². The summed E-state index contributed by atoms with van der Waals surface area (Å²) in [5, 5.41) is 2.81. The molecule has 0 atom stereocenters. The summed E-state index contributed by atoms with van der Waals surface area (Å²) in [6.45, 7) is 2.16. The summed E-state index contributed by atoms with van der Waals surface area (Å²) in [7, 11) is 0. The van der Waals surface area contributed by atoms with Gasteiger partial charge < -0.3 is 14.7 Å². The first-order valence-corrected chi connectivity index (χ1v) is 6.89. The number of imidazole rings is 1. The van der Waals surface area contributed by atoms with Gasteiger partial charge in [0.25, 0.3) is 11.5 Å². The molecule has 0 aromatic carbocycles. The molecule has 0 radical (unpaired) electrons. The van der Waals surface area contributed by atoms with E-state index in [1.54, 1.807) is 42.0 Å². The number of hydrogen-bond acceptors (Lipinski definition) is 4. The number of H-pyrrole nitrogens is 1. The van der Waals surface area contributed by atoms with Crippen molar-refractivity contribution in [2.24, 2.45) is 0 Å². The van der Waals surface area contributed by atoms with Crippen molar-refractivity contribution in [2.45, 2.75) is 13.3 Å². The van der Waals surface area contributed by atoms with Gasteiger partial charge in [0.05, 0.1) is 5.56 Å².